The number of hydrogen-bond donors (Lipinski definition) is 0. The van der Waals surface area contributed by atoms with Crippen LogP contribution in [-0.2, 0) is 14.8 Å². The number of ketones is 1. The van der Waals surface area contributed by atoms with Crippen molar-refractivity contribution < 1.29 is 27.1 Å². The molecule has 0 saturated carbocycles. The second-order valence-electron chi connectivity index (χ2n) is 7.53. The Morgan fingerprint density at radius 3 is 2.27 bits per heavy atom. The first kappa shape index (κ1) is 24.6. The van der Waals surface area contributed by atoms with Crippen molar-refractivity contribution in [2.45, 2.75) is 18.7 Å². The Labute approximate surface area is 196 Å². The van der Waals surface area contributed by atoms with Crippen LogP contribution in [0.15, 0.2) is 53.4 Å². The van der Waals surface area contributed by atoms with Gasteiger partial charge in [0.2, 0.25) is 15.8 Å². The molecule has 0 aliphatic rings. The summed E-state index contributed by atoms with van der Waals surface area (Å²) in [6, 6.07) is 11.2. The molecule has 0 unspecified atom stereocenters. The predicted molar refractivity (Wildman–Crippen MR) is 122 cm³/mol. The van der Waals surface area contributed by atoms with Crippen molar-refractivity contribution in [2.75, 3.05) is 20.7 Å². The van der Waals surface area contributed by atoms with Gasteiger partial charge in [-0.3, -0.25) is 4.79 Å². The highest BCUT2D eigenvalue weighted by atomic mass is 35.5. The molecule has 0 radical (unpaired) electrons. The number of carbonyl (C=O) groups excluding carboxylic acids is 2. The van der Waals surface area contributed by atoms with Gasteiger partial charge in [-0.2, -0.15) is 0 Å². The van der Waals surface area contributed by atoms with Crippen LogP contribution in [0.5, 0.6) is 0 Å². The molecule has 1 heterocycles. The summed E-state index contributed by atoms with van der Waals surface area (Å²) in [7, 11) is -1.06. The summed E-state index contributed by atoms with van der Waals surface area (Å²) in [6.07, 6.45) is 0. The van der Waals surface area contributed by atoms with E-state index in [4.69, 9.17) is 16.3 Å². The number of aryl methyl sites for hydroxylation is 1. The van der Waals surface area contributed by atoms with Gasteiger partial charge in [0.25, 0.3) is 0 Å². The number of benzene rings is 2. The van der Waals surface area contributed by atoms with Crippen LogP contribution in [0.25, 0.3) is 5.69 Å². The van der Waals surface area contributed by atoms with Crippen LogP contribution >= 0.6 is 11.6 Å². The molecule has 1 aromatic heterocycles. The van der Waals surface area contributed by atoms with Crippen molar-refractivity contribution in [1.29, 1.82) is 0 Å². The molecule has 0 fully saturated rings. The van der Waals surface area contributed by atoms with E-state index in [9.17, 15) is 22.4 Å². The first-order valence-corrected chi connectivity index (χ1v) is 11.6. The summed E-state index contributed by atoms with van der Waals surface area (Å²) >= 11 is 6.06. The third-order valence-electron chi connectivity index (χ3n) is 5.09. The maximum atomic E-state index is 13.3. The van der Waals surface area contributed by atoms with Crippen LogP contribution in [0.2, 0.25) is 5.02 Å². The summed E-state index contributed by atoms with van der Waals surface area (Å²) in [6.45, 7) is 2.97. The van der Waals surface area contributed by atoms with Crippen molar-refractivity contribution in [1.82, 2.24) is 8.87 Å². The van der Waals surface area contributed by atoms with Crippen molar-refractivity contribution in [3.8, 4) is 5.69 Å². The third kappa shape index (κ3) is 5.00. The topological polar surface area (TPSA) is 85.7 Å². The highest BCUT2D eigenvalue weighted by Gasteiger charge is 2.23. The fourth-order valence-corrected chi connectivity index (χ4v) is 4.47. The molecular formula is C23H22ClFN2O5S. The summed E-state index contributed by atoms with van der Waals surface area (Å²) in [5, 5.41) is -0.000331. The van der Waals surface area contributed by atoms with Crippen LogP contribution in [0.1, 0.15) is 32.1 Å². The van der Waals surface area contributed by atoms with Crippen LogP contribution in [0, 0.1) is 19.7 Å². The third-order valence-corrected chi connectivity index (χ3v) is 7.23. The van der Waals surface area contributed by atoms with E-state index < -0.39 is 28.4 Å². The Morgan fingerprint density at radius 2 is 1.67 bits per heavy atom. The smallest absolute Gasteiger partial charge is 0.340 e. The van der Waals surface area contributed by atoms with Gasteiger partial charge >= 0.3 is 5.97 Å². The van der Waals surface area contributed by atoms with Crippen LogP contribution in [0.3, 0.4) is 0 Å². The fourth-order valence-electron chi connectivity index (χ4n) is 3.35. The first-order valence-electron chi connectivity index (χ1n) is 9.80. The number of sulfonamides is 1. The second kappa shape index (κ2) is 9.46. The summed E-state index contributed by atoms with van der Waals surface area (Å²) in [4.78, 5) is 25.2. The molecule has 0 aliphatic carbocycles. The van der Waals surface area contributed by atoms with Gasteiger partial charge in [-0.05, 0) is 62.4 Å². The lowest BCUT2D eigenvalue weighted by molar-refractivity contribution is 0.0474. The van der Waals surface area contributed by atoms with Gasteiger partial charge in [-0.1, -0.05) is 11.6 Å². The molecule has 0 aliphatic heterocycles. The number of aromatic nitrogens is 1. The number of halogens is 2. The van der Waals surface area contributed by atoms with Crippen LogP contribution in [-0.4, -0.2) is 49.7 Å². The molecule has 10 heteroatoms. The minimum Gasteiger partial charge on any atom is -0.454 e. The Kier molecular flexibility index (Phi) is 7.06. The Balaban J connectivity index is 1.80. The average Bonchev–Trinajstić information content (AvgIpc) is 3.06. The first-order chi connectivity index (χ1) is 15.4. The van der Waals surface area contributed by atoms with E-state index in [0.717, 1.165) is 16.1 Å². The lowest BCUT2D eigenvalue weighted by Gasteiger charge is -2.13. The van der Waals surface area contributed by atoms with Crippen molar-refractivity contribution in [3.05, 3.63) is 81.9 Å². The number of esters is 1. The molecule has 0 N–H and O–H groups in total. The number of hydrogen-bond acceptors (Lipinski definition) is 5. The molecule has 0 spiro atoms. The molecule has 174 valence electrons. The maximum absolute atomic E-state index is 13.3. The number of ether oxygens (including phenoxy) is 1. The molecule has 3 aromatic rings. The molecule has 0 saturated heterocycles. The maximum Gasteiger partial charge on any atom is 0.340 e. The van der Waals surface area contributed by atoms with Gasteiger partial charge in [-0.15, -0.1) is 0 Å². The molecule has 0 bridgehead atoms. The van der Waals surface area contributed by atoms with Gasteiger partial charge in [0.15, 0.2) is 6.61 Å². The summed E-state index contributed by atoms with van der Waals surface area (Å²) < 4.78 is 45.9. The SMILES string of the molecule is Cc1cc(C(=O)COC(=O)c2cc(S(=O)(=O)N(C)C)ccc2Cl)c(C)n1-c1ccc(F)cc1. The number of rotatable bonds is 7. The molecule has 2 aromatic carbocycles. The lowest BCUT2D eigenvalue weighted by atomic mass is 10.1. The minimum atomic E-state index is -3.79. The Hall–Kier alpha value is -3.01. The van der Waals surface area contributed by atoms with Crippen molar-refractivity contribution in [2.24, 2.45) is 0 Å². The van der Waals surface area contributed by atoms with Gasteiger partial charge < -0.3 is 9.30 Å². The zero-order valence-electron chi connectivity index (χ0n) is 18.4. The van der Waals surface area contributed by atoms with E-state index >= 15 is 0 Å². The number of nitrogens with zero attached hydrogens (tertiary/aromatic N) is 2. The minimum absolute atomic E-state index is 0.000331. The summed E-state index contributed by atoms with van der Waals surface area (Å²) in [5.74, 6) is -1.74. The van der Waals surface area contributed by atoms with Gasteiger partial charge in [-0.25, -0.2) is 21.9 Å². The average molecular weight is 493 g/mol. The van der Waals surface area contributed by atoms with E-state index in [1.165, 1.54) is 38.4 Å². The fraction of sp³-hybridized carbons (Fsp3) is 0.217. The normalized spacial score (nSPS) is 11.6. The van der Waals surface area contributed by atoms with Crippen LogP contribution in [0.4, 0.5) is 4.39 Å². The Morgan fingerprint density at radius 1 is 1.03 bits per heavy atom. The van der Waals surface area contributed by atoms with E-state index in [0.29, 0.717) is 16.9 Å². The van der Waals surface area contributed by atoms with E-state index in [1.54, 1.807) is 36.6 Å². The predicted octanol–water partition coefficient (Wildman–Crippen LogP) is 4.18. The molecule has 0 atom stereocenters. The molecule has 7 nitrogen and oxygen atoms in total. The zero-order valence-corrected chi connectivity index (χ0v) is 20.0. The van der Waals surface area contributed by atoms with Crippen molar-refractivity contribution >= 4 is 33.4 Å². The number of carbonyl (C=O) groups is 2. The molecule has 0 amide bonds. The highest BCUT2D eigenvalue weighted by molar-refractivity contribution is 7.89. The quantitative estimate of drug-likeness (QED) is 0.365. The summed E-state index contributed by atoms with van der Waals surface area (Å²) in [5.41, 5.74) is 2.23. The van der Waals surface area contributed by atoms with E-state index in [1.807, 2.05) is 0 Å². The Bertz CT molecular complexity index is 1330. The zero-order chi connectivity index (χ0) is 24.5. The van der Waals surface area contributed by atoms with Gasteiger partial charge in [0.05, 0.1) is 15.5 Å². The second-order valence-corrected chi connectivity index (χ2v) is 10.1. The van der Waals surface area contributed by atoms with Gasteiger partial charge in [0.1, 0.15) is 5.82 Å². The molecule has 33 heavy (non-hydrogen) atoms. The van der Waals surface area contributed by atoms with E-state index in [-0.39, 0.29) is 21.3 Å². The molecular weight excluding hydrogens is 471 g/mol. The lowest BCUT2D eigenvalue weighted by Crippen LogP contribution is -2.22. The highest BCUT2D eigenvalue weighted by Crippen LogP contribution is 2.24. The van der Waals surface area contributed by atoms with Crippen molar-refractivity contribution in [3.63, 3.8) is 0 Å². The molecule has 3 rings (SSSR count). The van der Waals surface area contributed by atoms with Crippen LogP contribution < -0.4 is 0 Å². The van der Waals surface area contributed by atoms with Gasteiger partial charge in [0, 0.05) is 36.7 Å². The standard InChI is InChI=1S/C23H22ClFN2O5S/c1-14-11-19(15(2)27(14)17-7-5-16(25)6-8-17)22(28)13-32-23(29)20-12-18(9-10-21(20)24)33(30,31)26(3)4/h5-12H,13H2,1-4H3. The monoisotopic (exact) mass is 492 g/mol. The van der Waals surface area contributed by atoms with E-state index in [2.05, 4.69) is 0 Å². The number of Topliss-reactive ketones (excluding diaryl/α,β-unsaturated/α-hetero) is 1. The largest absolute Gasteiger partial charge is 0.454 e.